The molecular weight excluding hydrogens is 223 g/mol. The van der Waals surface area contributed by atoms with E-state index in [1.165, 1.54) is 0 Å². The number of hydrogen-bond acceptors (Lipinski definition) is 1. The van der Waals surface area contributed by atoms with Crippen molar-refractivity contribution in [1.29, 1.82) is 0 Å². The molecule has 5 heavy (non-hydrogen) atoms. The average molecular weight is 225 g/mol. The minimum atomic E-state index is -3.61. The largest absolute Gasteiger partial charge is 0 e. The van der Waals surface area contributed by atoms with E-state index in [2.05, 4.69) is 0 Å². The second-order valence-corrected chi connectivity index (χ2v) is 1.55. The van der Waals surface area contributed by atoms with Crippen molar-refractivity contribution in [3.63, 3.8) is 0 Å². The van der Waals surface area contributed by atoms with E-state index in [1.54, 1.807) is 0 Å². The maximum Gasteiger partial charge on any atom is 0 e. The quantitative estimate of drug-likeness (QED) is 0.488. The molecule has 0 bridgehead atoms. The summed E-state index contributed by atoms with van der Waals surface area (Å²) in [6.07, 6.45) is 0. The maximum atomic E-state index is 8.81. The Morgan fingerprint density at radius 3 is 1.40 bits per heavy atom. The summed E-state index contributed by atoms with van der Waals surface area (Å²) in [4.78, 5) is 0. The van der Waals surface area contributed by atoms with Crippen LogP contribution in [0.5, 0.6) is 0 Å². The van der Waals surface area contributed by atoms with Gasteiger partial charge in [-0.05, 0) is 0 Å². The zero-order chi connectivity index (χ0) is 3.58. The van der Waals surface area contributed by atoms with Gasteiger partial charge in [-0.3, -0.25) is 0 Å². The Bertz CT molecular complexity index is 29.9. The standard InChI is InChI=1S/H2O3Te.Ti/c1-4(2)3;/h(H2,1,2,3);. The smallest absolute Gasteiger partial charge is 0 e. The van der Waals surface area contributed by atoms with E-state index in [0.717, 1.165) is 0 Å². The van der Waals surface area contributed by atoms with Crippen LogP contribution in [0.15, 0.2) is 0 Å². The van der Waals surface area contributed by atoms with Crippen molar-refractivity contribution in [2.75, 3.05) is 0 Å². The molecule has 0 unspecified atom stereocenters. The first-order valence-corrected chi connectivity index (χ1v) is 3.57. The second kappa shape index (κ2) is 5.22. The zero-order valence-electron chi connectivity index (χ0n) is 2.21. The van der Waals surface area contributed by atoms with Gasteiger partial charge in [0.25, 0.3) is 0 Å². The third-order valence-electron chi connectivity index (χ3n) is 0. The van der Waals surface area contributed by atoms with E-state index in [1.807, 2.05) is 0 Å². The fourth-order valence-electron chi connectivity index (χ4n) is 0. The Morgan fingerprint density at radius 1 is 1.40 bits per heavy atom. The third kappa shape index (κ3) is 36.2. The molecule has 5 heteroatoms. The minimum Gasteiger partial charge on any atom is 0 e. The molecule has 0 fully saturated rings. The second-order valence-electron chi connectivity index (χ2n) is 0.231. The molecule has 0 amide bonds. The summed E-state index contributed by atoms with van der Waals surface area (Å²) < 4.78 is 23.3. The maximum absolute atomic E-state index is 8.81. The predicted octanol–water partition coefficient (Wildman–Crippen LogP) is -1.62. The molecule has 2 N–H and O–H groups in total. The van der Waals surface area contributed by atoms with Crippen LogP contribution in [0.4, 0.5) is 0 Å². The van der Waals surface area contributed by atoms with Crippen LogP contribution in [0, 0.1) is 0 Å². The first-order chi connectivity index (χ1) is 1.73. The average Bonchev–Trinajstić information content (AvgIpc) is 0.811. The Balaban J connectivity index is 0. The van der Waals surface area contributed by atoms with E-state index in [0.29, 0.717) is 0 Å². The molecule has 0 aromatic rings. The molecule has 0 radical (unpaired) electrons. The summed E-state index contributed by atoms with van der Waals surface area (Å²) in [6.45, 7) is 0. The molecule has 0 rings (SSSR count). The first-order valence-electron chi connectivity index (χ1n) is 0.532. The van der Waals surface area contributed by atoms with E-state index in [4.69, 9.17) is 10.0 Å². The van der Waals surface area contributed by atoms with Gasteiger partial charge < -0.3 is 0 Å². The van der Waals surface area contributed by atoms with Crippen LogP contribution < -0.4 is 0 Å². The summed E-state index contributed by atoms with van der Waals surface area (Å²) in [5.41, 5.74) is 0. The molecule has 0 saturated carbocycles. The van der Waals surface area contributed by atoms with Crippen LogP contribution in [0.25, 0.3) is 0 Å². The Morgan fingerprint density at radius 2 is 1.40 bits per heavy atom. The molecular formula is H2O3TeTi. The van der Waals surface area contributed by atoms with Crippen molar-refractivity contribution in [3.8, 4) is 0 Å². The Kier molecular flexibility index (Phi) is 9.95. The van der Waals surface area contributed by atoms with Gasteiger partial charge in [-0.25, -0.2) is 0 Å². The number of rotatable bonds is 0. The topological polar surface area (TPSA) is 57.5 Å². The summed E-state index contributed by atoms with van der Waals surface area (Å²) in [7, 11) is 0. The van der Waals surface area contributed by atoms with Gasteiger partial charge in [-0.1, -0.05) is 0 Å². The summed E-state index contributed by atoms with van der Waals surface area (Å²) >= 11 is -3.61. The van der Waals surface area contributed by atoms with Gasteiger partial charge in [0.1, 0.15) is 0 Å². The molecule has 0 heterocycles. The van der Waals surface area contributed by atoms with Gasteiger partial charge in [-0.2, -0.15) is 0 Å². The fraction of sp³-hybridized carbons (Fsp3) is 0. The van der Waals surface area contributed by atoms with Crippen LogP contribution in [0.3, 0.4) is 0 Å². The molecule has 0 aromatic heterocycles. The van der Waals surface area contributed by atoms with Gasteiger partial charge in [0.2, 0.25) is 0 Å². The molecule has 0 saturated heterocycles. The normalized spacial score (nSPS) is 7.00. The van der Waals surface area contributed by atoms with Crippen molar-refractivity contribution in [1.82, 2.24) is 0 Å². The van der Waals surface area contributed by atoms with Gasteiger partial charge in [-0.15, -0.1) is 0 Å². The zero-order valence-corrected chi connectivity index (χ0v) is 6.10. The molecule has 0 aliphatic heterocycles. The molecule has 0 aliphatic rings. The monoisotopic (exact) mass is 228 g/mol. The van der Waals surface area contributed by atoms with Gasteiger partial charge in [0.05, 0.1) is 0 Å². The van der Waals surface area contributed by atoms with Gasteiger partial charge in [0.15, 0.2) is 0 Å². The molecule has 0 aliphatic carbocycles. The van der Waals surface area contributed by atoms with Crippen molar-refractivity contribution in [3.05, 3.63) is 0 Å². The van der Waals surface area contributed by atoms with Crippen LogP contribution in [0.2, 0.25) is 0 Å². The van der Waals surface area contributed by atoms with Gasteiger partial charge in [0, 0.05) is 21.7 Å². The van der Waals surface area contributed by atoms with Crippen molar-refractivity contribution >= 4 is 20.4 Å². The van der Waals surface area contributed by atoms with E-state index in [-0.39, 0.29) is 21.7 Å². The molecule has 30 valence electrons. The summed E-state index contributed by atoms with van der Waals surface area (Å²) in [5.74, 6) is 0. The minimum absolute atomic E-state index is 0. The molecule has 3 nitrogen and oxygen atoms in total. The van der Waals surface area contributed by atoms with Crippen molar-refractivity contribution in [2.24, 2.45) is 0 Å². The summed E-state index contributed by atoms with van der Waals surface area (Å²) in [6, 6.07) is 0. The van der Waals surface area contributed by atoms with Crippen LogP contribution >= 0.6 is 0 Å². The SMILES string of the molecule is O=[Te](O)O.[Ti]. The fourth-order valence-corrected chi connectivity index (χ4v) is 0. The van der Waals surface area contributed by atoms with E-state index < -0.39 is 20.4 Å². The van der Waals surface area contributed by atoms with E-state index in [9.17, 15) is 0 Å². The Labute approximate surface area is 52.0 Å². The molecule has 0 aromatic carbocycles. The molecule has 0 atom stereocenters. The number of hydrogen-bond donors (Lipinski definition) is 2. The molecule has 0 spiro atoms. The van der Waals surface area contributed by atoms with Crippen LogP contribution in [-0.4, -0.2) is 27.3 Å². The van der Waals surface area contributed by atoms with Crippen LogP contribution in [0.1, 0.15) is 0 Å². The van der Waals surface area contributed by atoms with Gasteiger partial charge >= 0.3 is 30.4 Å². The van der Waals surface area contributed by atoms with E-state index >= 15 is 0 Å². The third-order valence-corrected chi connectivity index (χ3v) is 0. The van der Waals surface area contributed by atoms with Crippen LogP contribution in [-0.2, 0) is 24.8 Å². The predicted molar refractivity (Wildman–Crippen MR) is 10.9 cm³/mol. The van der Waals surface area contributed by atoms with Crippen molar-refractivity contribution in [2.45, 2.75) is 0 Å². The van der Waals surface area contributed by atoms with Crippen molar-refractivity contribution < 1.29 is 31.8 Å². The first kappa shape index (κ1) is 9.52. The summed E-state index contributed by atoms with van der Waals surface area (Å²) in [5, 5.41) is 0. The Hall–Kier alpha value is 1.22.